The van der Waals surface area contributed by atoms with Gasteiger partial charge in [-0.05, 0) is 19.1 Å². The van der Waals surface area contributed by atoms with Gasteiger partial charge in [0.25, 0.3) is 11.7 Å². The van der Waals surface area contributed by atoms with Crippen molar-refractivity contribution in [1.29, 1.82) is 0 Å². The summed E-state index contributed by atoms with van der Waals surface area (Å²) in [6.07, 6.45) is 1.16. The van der Waals surface area contributed by atoms with Crippen molar-refractivity contribution in [2.24, 2.45) is 7.05 Å². The molecule has 5 rings (SSSR count). The molecule has 1 saturated heterocycles. The summed E-state index contributed by atoms with van der Waals surface area (Å²) in [7, 11) is 1.79. The van der Waals surface area contributed by atoms with E-state index in [1.807, 2.05) is 49.4 Å². The number of fused-ring (bicyclic) bond motifs is 1. The quantitative estimate of drug-likeness (QED) is 0.520. The van der Waals surface area contributed by atoms with E-state index in [-0.39, 0.29) is 12.0 Å². The van der Waals surface area contributed by atoms with Crippen molar-refractivity contribution in [3.63, 3.8) is 0 Å². The highest BCUT2D eigenvalue weighted by atomic mass is 16.5. The summed E-state index contributed by atoms with van der Waals surface area (Å²) in [6.45, 7) is 3.29. The lowest BCUT2D eigenvalue weighted by Gasteiger charge is -2.33. The molecule has 0 radical (unpaired) electrons. The molecule has 1 aliphatic heterocycles. The third-order valence-corrected chi connectivity index (χ3v) is 5.26. The summed E-state index contributed by atoms with van der Waals surface area (Å²) < 4.78 is 9.29. The fourth-order valence-corrected chi connectivity index (χ4v) is 3.78. The van der Waals surface area contributed by atoms with Crippen molar-refractivity contribution in [2.45, 2.75) is 13.0 Å². The molecule has 1 amide bonds. The summed E-state index contributed by atoms with van der Waals surface area (Å²) in [5.74, 6) is 0.456. The normalized spacial score (nSPS) is 16.9. The zero-order valence-electron chi connectivity index (χ0n) is 16.8. The van der Waals surface area contributed by atoms with E-state index in [4.69, 9.17) is 4.74 Å². The molecule has 0 spiro atoms. The second kappa shape index (κ2) is 7.34. The Labute approximate surface area is 172 Å². The molecule has 9 heteroatoms. The van der Waals surface area contributed by atoms with E-state index in [0.29, 0.717) is 31.2 Å². The molecule has 1 fully saturated rings. The summed E-state index contributed by atoms with van der Waals surface area (Å²) in [6, 6.07) is 13.6. The Morgan fingerprint density at radius 2 is 2.03 bits per heavy atom. The minimum atomic E-state index is -0.310. The molecule has 0 N–H and O–H groups in total. The van der Waals surface area contributed by atoms with Gasteiger partial charge in [-0.25, -0.2) is 4.98 Å². The number of aryl methyl sites for hydroxylation is 2. The van der Waals surface area contributed by atoms with Crippen LogP contribution in [0.25, 0.3) is 17.0 Å². The van der Waals surface area contributed by atoms with Crippen LogP contribution in [0.4, 0.5) is 0 Å². The van der Waals surface area contributed by atoms with Crippen LogP contribution < -0.4 is 0 Å². The molecule has 4 aromatic rings. The Kier molecular flexibility index (Phi) is 4.51. The van der Waals surface area contributed by atoms with Gasteiger partial charge in [-0.1, -0.05) is 30.3 Å². The molecule has 0 bridgehead atoms. The smallest absolute Gasteiger partial charge is 0.272 e. The van der Waals surface area contributed by atoms with Gasteiger partial charge in [0, 0.05) is 24.8 Å². The second-order valence-electron chi connectivity index (χ2n) is 7.31. The predicted molar refractivity (Wildman–Crippen MR) is 109 cm³/mol. The standard InChI is InChI=1S/C21H21N7O2/c1-14-10-17(28-21(24-14)22-13-23-28)19-12-27(8-9-30-19)20(29)18-11-16(25-26(18)2)15-6-4-3-5-7-15/h3-7,10-11,13,19H,8-9,12H2,1-2H3/t19-/m0/s1. The first kappa shape index (κ1) is 18.4. The van der Waals surface area contributed by atoms with Gasteiger partial charge in [0.15, 0.2) is 0 Å². The number of aromatic nitrogens is 6. The van der Waals surface area contributed by atoms with Crippen LogP contribution in [0.15, 0.2) is 48.8 Å². The van der Waals surface area contributed by atoms with Crippen LogP contribution in [0.3, 0.4) is 0 Å². The van der Waals surface area contributed by atoms with E-state index < -0.39 is 0 Å². The molecule has 3 aromatic heterocycles. The third-order valence-electron chi connectivity index (χ3n) is 5.26. The topological polar surface area (TPSA) is 90.4 Å². The molecular formula is C21H21N7O2. The lowest BCUT2D eigenvalue weighted by atomic mass is 10.1. The maximum atomic E-state index is 13.3. The lowest BCUT2D eigenvalue weighted by Crippen LogP contribution is -2.43. The summed E-state index contributed by atoms with van der Waals surface area (Å²) >= 11 is 0. The Bertz CT molecular complexity index is 1210. The zero-order chi connectivity index (χ0) is 20.7. The van der Waals surface area contributed by atoms with Gasteiger partial charge >= 0.3 is 0 Å². The Balaban J connectivity index is 1.42. The molecule has 0 saturated carbocycles. The van der Waals surface area contributed by atoms with Crippen LogP contribution in [-0.4, -0.2) is 59.9 Å². The molecule has 9 nitrogen and oxygen atoms in total. The molecule has 4 heterocycles. The summed E-state index contributed by atoms with van der Waals surface area (Å²) in [5.41, 5.74) is 3.97. The van der Waals surface area contributed by atoms with Crippen molar-refractivity contribution in [3.8, 4) is 11.3 Å². The first-order chi connectivity index (χ1) is 14.6. The number of ether oxygens (including phenoxy) is 1. The Morgan fingerprint density at radius 1 is 1.20 bits per heavy atom. The average molecular weight is 403 g/mol. The highest BCUT2D eigenvalue weighted by molar-refractivity contribution is 5.93. The molecule has 1 aromatic carbocycles. The van der Waals surface area contributed by atoms with Gasteiger partial charge < -0.3 is 9.64 Å². The Morgan fingerprint density at radius 3 is 2.87 bits per heavy atom. The third kappa shape index (κ3) is 3.22. The SMILES string of the molecule is Cc1cc([C@@H]2CN(C(=O)c3cc(-c4ccccc4)nn3C)CCO2)n2ncnc2n1. The summed E-state index contributed by atoms with van der Waals surface area (Å²) in [5, 5.41) is 8.79. The fourth-order valence-electron chi connectivity index (χ4n) is 3.78. The summed E-state index contributed by atoms with van der Waals surface area (Å²) in [4.78, 5) is 23.6. The second-order valence-corrected chi connectivity index (χ2v) is 7.31. The number of nitrogens with zero attached hydrogens (tertiary/aromatic N) is 7. The number of amides is 1. The van der Waals surface area contributed by atoms with Crippen LogP contribution >= 0.6 is 0 Å². The number of rotatable bonds is 3. The number of benzene rings is 1. The fraction of sp³-hybridized carbons (Fsp3) is 0.286. The minimum Gasteiger partial charge on any atom is -0.368 e. The lowest BCUT2D eigenvalue weighted by molar-refractivity contribution is -0.0260. The van der Waals surface area contributed by atoms with Gasteiger partial charge in [-0.15, -0.1) is 0 Å². The largest absolute Gasteiger partial charge is 0.368 e. The average Bonchev–Trinajstić information content (AvgIpc) is 3.40. The highest BCUT2D eigenvalue weighted by Crippen LogP contribution is 2.25. The van der Waals surface area contributed by atoms with E-state index in [9.17, 15) is 4.79 Å². The van der Waals surface area contributed by atoms with Crippen LogP contribution in [0.2, 0.25) is 0 Å². The van der Waals surface area contributed by atoms with E-state index in [2.05, 4.69) is 20.2 Å². The first-order valence-electron chi connectivity index (χ1n) is 9.78. The van der Waals surface area contributed by atoms with E-state index in [0.717, 1.165) is 22.6 Å². The number of carbonyl (C=O) groups excluding carboxylic acids is 1. The number of hydrogen-bond acceptors (Lipinski definition) is 6. The maximum absolute atomic E-state index is 13.3. The molecule has 30 heavy (non-hydrogen) atoms. The highest BCUT2D eigenvalue weighted by Gasteiger charge is 2.30. The number of carbonyl (C=O) groups is 1. The van der Waals surface area contributed by atoms with Crippen LogP contribution in [0.1, 0.15) is 28.0 Å². The van der Waals surface area contributed by atoms with E-state index in [1.54, 1.807) is 21.1 Å². The number of hydrogen-bond donors (Lipinski definition) is 0. The van der Waals surface area contributed by atoms with Crippen molar-refractivity contribution in [3.05, 3.63) is 65.9 Å². The molecule has 0 aliphatic carbocycles. The Hall–Kier alpha value is -3.59. The maximum Gasteiger partial charge on any atom is 0.272 e. The minimum absolute atomic E-state index is 0.0684. The molecule has 1 aliphatic rings. The first-order valence-corrected chi connectivity index (χ1v) is 9.78. The predicted octanol–water partition coefficient (Wildman–Crippen LogP) is 2.05. The van der Waals surface area contributed by atoms with Gasteiger partial charge in [-0.3, -0.25) is 9.48 Å². The molecular weight excluding hydrogens is 382 g/mol. The van der Waals surface area contributed by atoms with Crippen LogP contribution in [-0.2, 0) is 11.8 Å². The molecule has 0 unspecified atom stereocenters. The van der Waals surface area contributed by atoms with Gasteiger partial charge in [-0.2, -0.15) is 19.7 Å². The molecule has 152 valence electrons. The van der Waals surface area contributed by atoms with Crippen molar-refractivity contribution in [1.82, 2.24) is 34.3 Å². The monoisotopic (exact) mass is 403 g/mol. The van der Waals surface area contributed by atoms with Gasteiger partial charge in [0.1, 0.15) is 18.1 Å². The van der Waals surface area contributed by atoms with Crippen molar-refractivity contribution >= 4 is 11.7 Å². The van der Waals surface area contributed by atoms with Crippen LogP contribution in [0, 0.1) is 6.92 Å². The van der Waals surface area contributed by atoms with E-state index >= 15 is 0 Å². The molecule has 1 atom stereocenters. The zero-order valence-corrected chi connectivity index (χ0v) is 16.8. The van der Waals surface area contributed by atoms with Crippen LogP contribution in [0.5, 0.6) is 0 Å². The van der Waals surface area contributed by atoms with E-state index in [1.165, 1.54) is 6.33 Å². The number of morpholine rings is 1. The van der Waals surface area contributed by atoms with Crippen molar-refractivity contribution in [2.75, 3.05) is 19.7 Å². The van der Waals surface area contributed by atoms with Gasteiger partial charge in [0.05, 0.1) is 24.5 Å². The van der Waals surface area contributed by atoms with Crippen molar-refractivity contribution < 1.29 is 9.53 Å². The van der Waals surface area contributed by atoms with Gasteiger partial charge in [0.2, 0.25) is 0 Å².